The van der Waals surface area contributed by atoms with E-state index in [0.29, 0.717) is 5.75 Å². The fourth-order valence-electron chi connectivity index (χ4n) is 1.83. The van der Waals surface area contributed by atoms with Gasteiger partial charge in [-0.15, -0.1) is 12.4 Å². The molecule has 0 bridgehead atoms. The van der Waals surface area contributed by atoms with Crippen LogP contribution in [0.5, 0.6) is 11.5 Å². The van der Waals surface area contributed by atoms with E-state index in [1.807, 2.05) is 6.07 Å². The molecular weight excluding hydrogens is 266 g/mol. The number of aromatic hydroxyl groups is 1. The highest BCUT2D eigenvalue weighted by molar-refractivity contribution is 5.85. The number of nitrogens with zero attached hydrogens (tertiary/aromatic N) is 3. The molecule has 6 heteroatoms. The van der Waals surface area contributed by atoms with E-state index in [1.54, 1.807) is 18.3 Å². The summed E-state index contributed by atoms with van der Waals surface area (Å²) in [5.41, 5.74) is 0.920. The van der Waals surface area contributed by atoms with Crippen molar-refractivity contribution in [3.63, 3.8) is 0 Å². The Kier molecular flexibility index (Phi) is 5.92. The molecule has 0 unspecified atom stereocenters. The van der Waals surface area contributed by atoms with Gasteiger partial charge >= 0.3 is 0 Å². The van der Waals surface area contributed by atoms with Gasteiger partial charge in [0.25, 0.3) is 0 Å². The number of ether oxygens (including phenoxy) is 1. The van der Waals surface area contributed by atoms with Crippen molar-refractivity contribution < 1.29 is 9.84 Å². The van der Waals surface area contributed by atoms with Crippen LogP contribution >= 0.6 is 12.4 Å². The number of benzene rings is 1. The third-order valence-electron chi connectivity index (χ3n) is 3.05. The maximum absolute atomic E-state index is 9.50. The van der Waals surface area contributed by atoms with Gasteiger partial charge in [-0.1, -0.05) is 0 Å². The number of hydrazone groups is 1. The van der Waals surface area contributed by atoms with Crippen molar-refractivity contribution in [2.75, 3.05) is 40.3 Å². The highest BCUT2D eigenvalue weighted by Gasteiger charge is 2.10. The lowest BCUT2D eigenvalue weighted by atomic mass is 10.2. The number of halogens is 1. The number of rotatable bonds is 3. The molecule has 0 aliphatic carbocycles. The van der Waals surface area contributed by atoms with Crippen LogP contribution < -0.4 is 4.74 Å². The quantitative estimate of drug-likeness (QED) is 0.853. The SMILES string of the molecule is COc1cc(C=NN2CCN(C)CC2)ccc1O.Cl. The smallest absolute Gasteiger partial charge is 0.161 e. The molecule has 2 rings (SSSR count). The van der Waals surface area contributed by atoms with Crippen LogP contribution in [-0.2, 0) is 0 Å². The van der Waals surface area contributed by atoms with E-state index in [0.717, 1.165) is 31.7 Å². The Morgan fingerprint density at radius 2 is 1.95 bits per heavy atom. The molecule has 0 aromatic heterocycles. The summed E-state index contributed by atoms with van der Waals surface area (Å²) in [7, 11) is 3.66. The minimum Gasteiger partial charge on any atom is -0.504 e. The van der Waals surface area contributed by atoms with E-state index in [1.165, 1.54) is 7.11 Å². The lowest BCUT2D eigenvalue weighted by Gasteiger charge is -2.30. The molecule has 0 amide bonds. The number of hydrogen-bond donors (Lipinski definition) is 1. The zero-order valence-corrected chi connectivity index (χ0v) is 12.1. The van der Waals surface area contributed by atoms with Crippen molar-refractivity contribution in [2.24, 2.45) is 5.10 Å². The number of piperazine rings is 1. The number of methoxy groups -OCH3 is 1. The summed E-state index contributed by atoms with van der Waals surface area (Å²) in [5.74, 6) is 0.617. The van der Waals surface area contributed by atoms with Crippen LogP contribution in [0.1, 0.15) is 5.56 Å². The van der Waals surface area contributed by atoms with Crippen LogP contribution in [0.2, 0.25) is 0 Å². The Labute approximate surface area is 119 Å². The van der Waals surface area contributed by atoms with Crippen molar-refractivity contribution in [1.29, 1.82) is 0 Å². The predicted molar refractivity (Wildman–Crippen MR) is 78.6 cm³/mol. The predicted octanol–water partition coefficient (Wildman–Crippen LogP) is 1.40. The van der Waals surface area contributed by atoms with Crippen LogP contribution in [0.15, 0.2) is 23.3 Å². The number of hydrogen-bond acceptors (Lipinski definition) is 5. The topological polar surface area (TPSA) is 48.3 Å². The summed E-state index contributed by atoms with van der Waals surface area (Å²) < 4.78 is 5.06. The molecular formula is C13H20ClN3O2. The molecule has 1 aliphatic rings. The van der Waals surface area contributed by atoms with Gasteiger partial charge in [0.05, 0.1) is 13.3 Å². The van der Waals surface area contributed by atoms with E-state index < -0.39 is 0 Å². The minimum atomic E-state index is 0. The lowest BCUT2D eigenvalue weighted by Crippen LogP contribution is -2.41. The summed E-state index contributed by atoms with van der Waals surface area (Å²) in [5, 5.41) is 16.0. The van der Waals surface area contributed by atoms with Gasteiger partial charge in [0.1, 0.15) is 0 Å². The molecule has 1 aromatic carbocycles. The monoisotopic (exact) mass is 285 g/mol. The van der Waals surface area contributed by atoms with Crippen LogP contribution in [0.25, 0.3) is 0 Å². The van der Waals surface area contributed by atoms with Gasteiger partial charge in [0.2, 0.25) is 0 Å². The van der Waals surface area contributed by atoms with Crippen molar-refractivity contribution in [3.05, 3.63) is 23.8 Å². The molecule has 0 saturated carbocycles. The van der Waals surface area contributed by atoms with E-state index in [4.69, 9.17) is 4.74 Å². The molecule has 0 radical (unpaired) electrons. The van der Waals surface area contributed by atoms with Crippen molar-refractivity contribution >= 4 is 18.6 Å². The summed E-state index contributed by atoms with van der Waals surface area (Å²) in [6.45, 7) is 3.97. The molecule has 1 aliphatic heterocycles. The Bertz CT molecular complexity index is 432. The molecule has 106 valence electrons. The van der Waals surface area contributed by atoms with E-state index in [9.17, 15) is 5.11 Å². The highest BCUT2D eigenvalue weighted by atomic mass is 35.5. The molecule has 1 fully saturated rings. The molecule has 19 heavy (non-hydrogen) atoms. The van der Waals surface area contributed by atoms with Gasteiger partial charge in [-0.2, -0.15) is 5.10 Å². The Hall–Kier alpha value is -1.46. The van der Waals surface area contributed by atoms with E-state index >= 15 is 0 Å². The van der Waals surface area contributed by atoms with Crippen LogP contribution in [0.4, 0.5) is 0 Å². The summed E-state index contributed by atoms with van der Waals surface area (Å²) in [4.78, 5) is 2.29. The zero-order valence-electron chi connectivity index (χ0n) is 11.2. The van der Waals surface area contributed by atoms with Crippen molar-refractivity contribution in [1.82, 2.24) is 9.91 Å². The van der Waals surface area contributed by atoms with E-state index in [2.05, 4.69) is 22.1 Å². The zero-order chi connectivity index (χ0) is 13.0. The Morgan fingerprint density at radius 3 is 2.58 bits per heavy atom. The van der Waals surface area contributed by atoms with Gasteiger partial charge in [0, 0.05) is 26.2 Å². The highest BCUT2D eigenvalue weighted by Crippen LogP contribution is 2.25. The normalized spacial score (nSPS) is 16.4. The molecule has 5 nitrogen and oxygen atoms in total. The lowest BCUT2D eigenvalue weighted by molar-refractivity contribution is 0.159. The van der Waals surface area contributed by atoms with Gasteiger partial charge in [-0.05, 0) is 30.8 Å². The summed E-state index contributed by atoms with van der Waals surface area (Å²) in [6.07, 6.45) is 1.80. The van der Waals surface area contributed by atoms with Crippen LogP contribution in [0, 0.1) is 0 Å². The van der Waals surface area contributed by atoms with Gasteiger partial charge in [0.15, 0.2) is 11.5 Å². The maximum Gasteiger partial charge on any atom is 0.161 e. The second kappa shape index (κ2) is 7.21. The van der Waals surface area contributed by atoms with Gasteiger partial charge < -0.3 is 14.7 Å². The fourth-order valence-corrected chi connectivity index (χ4v) is 1.83. The average Bonchev–Trinajstić information content (AvgIpc) is 2.39. The first kappa shape index (κ1) is 15.6. The van der Waals surface area contributed by atoms with Gasteiger partial charge in [-0.3, -0.25) is 5.01 Å². The second-order valence-corrected chi connectivity index (χ2v) is 4.43. The van der Waals surface area contributed by atoms with Crippen molar-refractivity contribution in [2.45, 2.75) is 0 Å². The van der Waals surface area contributed by atoms with E-state index in [-0.39, 0.29) is 18.2 Å². The first-order valence-electron chi connectivity index (χ1n) is 6.03. The Balaban J connectivity index is 0.00000180. The third kappa shape index (κ3) is 4.29. The Morgan fingerprint density at radius 1 is 1.26 bits per heavy atom. The van der Waals surface area contributed by atoms with Gasteiger partial charge in [-0.25, -0.2) is 0 Å². The molecule has 1 aromatic rings. The average molecular weight is 286 g/mol. The van der Waals surface area contributed by atoms with Crippen LogP contribution in [0.3, 0.4) is 0 Å². The molecule has 0 spiro atoms. The largest absolute Gasteiger partial charge is 0.504 e. The third-order valence-corrected chi connectivity index (χ3v) is 3.05. The summed E-state index contributed by atoms with van der Waals surface area (Å²) in [6, 6.07) is 5.20. The van der Waals surface area contributed by atoms with Crippen LogP contribution in [-0.4, -0.2) is 61.6 Å². The first-order chi connectivity index (χ1) is 8.69. The minimum absolute atomic E-state index is 0. The fraction of sp³-hybridized carbons (Fsp3) is 0.462. The number of likely N-dealkylation sites (N-methyl/N-ethyl adjacent to an activating group) is 1. The molecule has 1 N–H and O–H groups in total. The standard InChI is InChI=1S/C13H19N3O2.ClH/c1-15-5-7-16(8-6-15)14-10-11-3-4-12(17)13(9-11)18-2;/h3-4,9-10,17H,5-8H2,1-2H3;1H. The summed E-state index contributed by atoms with van der Waals surface area (Å²) >= 11 is 0. The molecule has 0 atom stereocenters. The second-order valence-electron chi connectivity index (χ2n) is 4.43. The maximum atomic E-state index is 9.50. The number of phenolic OH excluding ortho intramolecular Hbond substituents is 1. The van der Waals surface area contributed by atoms with Crippen molar-refractivity contribution in [3.8, 4) is 11.5 Å². The first-order valence-corrected chi connectivity index (χ1v) is 6.03. The number of phenols is 1. The molecule has 1 heterocycles. The molecule has 1 saturated heterocycles.